The monoisotopic (exact) mass is 219 g/mol. The van der Waals surface area contributed by atoms with Crippen LogP contribution < -0.4 is 0 Å². The molecule has 3 heterocycles. The van der Waals surface area contributed by atoms with Crippen LogP contribution in [0.2, 0.25) is 0 Å². The minimum Gasteiger partial charge on any atom is -0.360 e. The summed E-state index contributed by atoms with van der Waals surface area (Å²) in [6.45, 7) is 0. The summed E-state index contributed by atoms with van der Waals surface area (Å²) in [7, 11) is 0. The number of nitrogens with one attached hydrogen (secondary N) is 1. The largest absolute Gasteiger partial charge is 0.360 e. The molecule has 3 heteroatoms. The predicted molar refractivity (Wildman–Crippen MR) is 68.9 cm³/mol. The highest BCUT2D eigenvalue weighted by atomic mass is 14.8. The Balaban J connectivity index is 2.28. The molecule has 0 bridgehead atoms. The van der Waals surface area contributed by atoms with Crippen molar-refractivity contribution in [1.82, 2.24) is 15.0 Å². The van der Waals surface area contributed by atoms with E-state index in [1.807, 2.05) is 36.5 Å². The molecule has 0 atom stereocenters. The molecule has 4 aromatic rings. The molecule has 0 spiro atoms. The molecule has 0 radical (unpaired) electrons. The minimum atomic E-state index is 0.946. The van der Waals surface area contributed by atoms with E-state index >= 15 is 0 Å². The average Bonchev–Trinajstić information content (AvgIpc) is 2.73. The van der Waals surface area contributed by atoms with Crippen molar-refractivity contribution in [3.8, 4) is 0 Å². The fourth-order valence-electron chi connectivity index (χ4n) is 2.22. The second-order valence-electron chi connectivity index (χ2n) is 4.09. The second-order valence-corrected chi connectivity index (χ2v) is 4.09. The standard InChI is InChI=1S/C14H9N3/c1-2-5-10-9(4-1)14-13(16-10)8-12-11(17-14)6-3-7-15-12/h1-8,15H. The van der Waals surface area contributed by atoms with Gasteiger partial charge in [0.25, 0.3) is 0 Å². The Morgan fingerprint density at radius 3 is 2.71 bits per heavy atom. The number of para-hydroxylation sites is 1. The van der Waals surface area contributed by atoms with Gasteiger partial charge in [0, 0.05) is 11.6 Å². The number of aromatic amines is 1. The fourth-order valence-corrected chi connectivity index (χ4v) is 2.22. The van der Waals surface area contributed by atoms with Crippen LogP contribution in [0.15, 0.2) is 48.7 Å². The van der Waals surface area contributed by atoms with Gasteiger partial charge in [-0.15, -0.1) is 0 Å². The van der Waals surface area contributed by atoms with Gasteiger partial charge in [0.1, 0.15) is 0 Å². The molecule has 3 aromatic heterocycles. The van der Waals surface area contributed by atoms with Crippen LogP contribution in [-0.4, -0.2) is 15.0 Å². The average molecular weight is 219 g/mol. The van der Waals surface area contributed by atoms with E-state index < -0.39 is 0 Å². The van der Waals surface area contributed by atoms with Gasteiger partial charge >= 0.3 is 0 Å². The Labute approximate surface area is 97.1 Å². The summed E-state index contributed by atoms with van der Waals surface area (Å²) in [6, 6.07) is 14.1. The number of nitrogens with zero attached hydrogens (tertiary/aromatic N) is 2. The number of pyridine rings is 2. The maximum atomic E-state index is 4.67. The van der Waals surface area contributed by atoms with E-state index in [1.165, 1.54) is 0 Å². The number of fused-ring (bicyclic) bond motifs is 4. The van der Waals surface area contributed by atoms with E-state index in [0.717, 1.165) is 33.0 Å². The second kappa shape index (κ2) is 3.04. The van der Waals surface area contributed by atoms with Crippen LogP contribution in [0.4, 0.5) is 0 Å². The fraction of sp³-hybridized carbons (Fsp3) is 0. The molecule has 0 aliphatic carbocycles. The first-order chi connectivity index (χ1) is 8.42. The summed E-state index contributed by atoms with van der Waals surface area (Å²) in [5, 5.41) is 1.12. The Hall–Kier alpha value is -2.42. The Bertz CT molecular complexity index is 840. The van der Waals surface area contributed by atoms with Gasteiger partial charge in [-0.25, -0.2) is 9.97 Å². The summed E-state index contributed by atoms with van der Waals surface area (Å²) in [4.78, 5) is 12.4. The minimum absolute atomic E-state index is 0.946. The zero-order chi connectivity index (χ0) is 11.2. The molecule has 17 heavy (non-hydrogen) atoms. The first-order valence-corrected chi connectivity index (χ1v) is 5.54. The first-order valence-electron chi connectivity index (χ1n) is 5.54. The van der Waals surface area contributed by atoms with Crippen molar-refractivity contribution in [1.29, 1.82) is 0 Å². The zero-order valence-electron chi connectivity index (χ0n) is 9.01. The van der Waals surface area contributed by atoms with E-state index in [1.54, 1.807) is 0 Å². The van der Waals surface area contributed by atoms with Crippen molar-refractivity contribution in [3.05, 3.63) is 48.7 Å². The van der Waals surface area contributed by atoms with Crippen LogP contribution in [0.25, 0.3) is 33.0 Å². The molecular formula is C14H9N3. The van der Waals surface area contributed by atoms with E-state index in [2.05, 4.69) is 27.1 Å². The van der Waals surface area contributed by atoms with Gasteiger partial charge in [-0.3, -0.25) is 0 Å². The summed E-state index contributed by atoms with van der Waals surface area (Å²) in [5.41, 5.74) is 4.92. The number of H-pyrrole nitrogens is 1. The van der Waals surface area contributed by atoms with Crippen LogP contribution in [0.5, 0.6) is 0 Å². The van der Waals surface area contributed by atoms with Crippen LogP contribution in [-0.2, 0) is 0 Å². The molecule has 1 N–H and O–H groups in total. The van der Waals surface area contributed by atoms with E-state index in [9.17, 15) is 0 Å². The maximum Gasteiger partial charge on any atom is 0.0989 e. The molecule has 0 saturated carbocycles. The molecule has 4 rings (SSSR count). The van der Waals surface area contributed by atoms with Crippen LogP contribution in [0.3, 0.4) is 0 Å². The molecule has 0 unspecified atom stereocenters. The number of rotatable bonds is 0. The lowest BCUT2D eigenvalue weighted by molar-refractivity contribution is 1.37. The molecule has 0 amide bonds. The molecule has 80 valence electrons. The lowest BCUT2D eigenvalue weighted by Gasteiger charge is -1.96. The van der Waals surface area contributed by atoms with Gasteiger partial charge in [-0.05, 0) is 24.3 Å². The lowest BCUT2D eigenvalue weighted by Crippen LogP contribution is -1.82. The third-order valence-electron chi connectivity index (χ3n) is 3.02. The molecule has 1 aromatic carbocycles. The smallest absolute Gasteiger partial charge is 0.0989 e. The zero-order valence-corrected chi connectivity index (χ0v) is 9.01. The van der Waals surface area contributed by atoms with Crippen molar-refractivity contribution in [2.45, 2.75) is 0 Å². The number of hydrogen-bond acceptors (Lipinski definition) is 2. The van der Waals surface area contributed by atoms with Crippen molar-refractivity contribution < 1.29 is 0 Å². The number of benzene rings is 1. The third-order valence-corrected chi connectivity index (χ3v) is 3.02. The normalized spacial score (nSPS) is 11.5. The molecule has 0 aliphatic rings. The van der Waals surface area contributed by atoms with Crippen LogP contribution in [0, 0.1) is 0 Å². The topological polar surface area (TPSA) is 41.6 Å². The first kappa shape index (κ1) is 8.70. The van der Waals surface area contributed by atoms with Gasteiger partial charge in [-0.1, -0.05) is 18.2 Å². The molecular weight excluding hydrogens is 210 g/mol. The van der Waals surface area contributed by atoms with Crippen molar-refractivity contribution >= 4 is 33.0 Å². The van der Waals surface area contributed by atoms with Crippen LogP contribution >= 0.6 is 0 Å². The third kappa shape index (κ3) is 1.16. The Morgan fingerprint density at radius 1 is 0.824 bits per heavy atom. The van der Waals surface area contributed by atoms with Crippen molar-refractivity contribution in [2.75, 3.05) is 0 Å². The Kier molecular flexibility index (Phi) is 1.56. The molecule has 0 saturated heterocycles. The van der Waals surface area contributed by atoms with Crippen molar-refractivity contribution in [3.63, 3.8) is 0 Å². The lowest BCUT2D eigenvalue weighted by atomic mass is 10.2. The molecule has 0 aliphatic heterocycles. The maximum absolute atomic E-state index is 4.67. The molecule has 0 fully saturated rings. The number of aromatic nitrogens is 3. The number of hydrogen-bond donors (Lipinski definition) is 1. The van der Waals surface area contributed by atoms with Crippen molar-refractivity contribution in [2.24, 2.45) is 0 Å². The van der Waals surface area contributed by atoms with Crippen LogP contribution in [0.1, 0.15) is 0 Å². The van der Waals surface area contributed by atoms with Gasteiger partial charge in [-0.2, -0.15) is 0 Å². The van der Waals surface area contributed by atoms with E-state index in [0.29, 0.717) is 0 Å². The van der Waals surface area contributed by atoms with E-state index in [-0.39, 0.29) is 0 Å². The molecule has 3 nitrogen and oxygen atoms in total. The Morgan fingerprint density at radius 2 is 1.71 bits per heavy atom. The van der Waals surface area contributed by atoms with E-state index in [4.69, 9.17) is 0 Å². The highest BCUT2D eigenvalue weighted by Gasteiger charge is 2.07. The van der Waals surface area contributed by atoms with Gasteiger partial charge in [0.15, 0.2) is 0 Å². The van der Waals surface area contributed by atoms with Gasteiger partial charge in [0.05, 0.1) is 27.6 Å². The summed E-state index contributed by atoms with van der Waals surface area (Å²) >= 11 is 0. The quantitative estimate of drug-likeness (QED) is 0.493. The summed E-state index contributed by atoms with van der Waals surface area (Å²) < 4.78 is 0. The SMILES string of the molecule is c1c[nH]c2cc3nc4ccccc4c3nc2c1. The summed E-state index contributed by atoms with van der Waals surface area (Å²) in [6.07, 6.45) is 1.90. The van der Waals surface area contributed by atoms with Gasteiger partial charge < -0.3 is 4.98 Å². The highest BCUT2D eigenvalue weighted by molar-refractivity contribution is 6.07. The highest BCUT2D eigenvalue weighted by Crippen LogP contribution is 2.25. The predicted octanol–water partition coefficient (Wildman–Crippen LogP) is 3.26. The van der Waals surface area contributed by atoms with Gasteiger partial charge in [0.2, 0.25) is 0 Å². The summed E-state index contributed by atoms with van der Waals surface area (Å²) in [5.74, 6) is 0.